The first-order chi connectivity index (χ1) is 10.6. The molecule has 0 heterocycles. The summed E-state index contributed by atoms with van der Waals surface area (Å²) in [7, 11) is 1.88. The predicted octanol–water partition coefficient (Wildman–Crippen LogP) is 6.62. The molecule has 0 bridgehead atoms. The van der Waals surface area contributed by atoms with E-state index in [0.29, 0.717) is 17.1 Å². The fraction of sp³-hybridized carbons (Fsp3) is 1.00. The summed E-state index contributed by atoms with van der Waals surface area (Å²) in [6, 6.07) is 0. The largest absolute Gasteiger partial charge is 0.390 e. The van der Waals surface area contributed by atoms with Crippen LogP contribution >= 0.6 is 30.1 Å². The van der Waals surface area contributed by atoms with Crippen LogP contribution in [0.3, 0.4) is 0 Å². The molecule has 0 aromatic heterocycles. The van der Waals surface area contributed by atoms with Crippen molar-refractivity contribution in [2.75, 3.05) is 0 Å². The third-order valence-electron chi connectivity index (χ3n) is 5.39. The van der Waals surface area contributed by atoms with Crippen LogP contribution in [0.15, 0.2) is 0 Å². The molecule has 0 amide bonds. The lowest BCUT2D eigenvalue weighted by atomic mass is 9.81. The van der Waals surface area contributed by atoms with Crippen LogP contribution in [0, 0.1) is 23.7 Å². The molecule has 0 saturated carbocycles. The molecule has 5 heteroatoms. The van der Waals surface area contributed by atoms with Gasteiger partial charge in [0.15, 0.2) is 6.17 Å². The van der Waals surface area contributed by atoms with Crippen molar-refractivity contribution in [1.29, 1.82) is 0 Å². The molecule has 0 aromatic rings. The van der Waals surface area contributed by atoms with E-state index in [2.05, 4.69) is 42.0 Å². The number of alkyl halides is 2. The highest BCUT2D eigenvalue weighted by Gasteiger charge is 2.33. The van der Waals surface area contributed by atoms with Gasteiger partial charge in [-0.2, -0.15) is 0 Å². The van der Waals surface area contributed by atoms with Crippen LogP contribution in [0.4, 0.5) is 8.78 Å². The highest BCUT2D eigenvalue weighted by Crippen LogP contribution is 2.31. The molecule has 0 saturated heterocycles. The molecule has 0 radical (unpaired) electrons. The summed E-state index contributed by atoms with van der Waals surface area (Å²) >= 11 is 2.36. The molecule has 0 aliphatic heterocycles. The van der Waals surface area contributed by atoms with Gasteiger partial charge < -0.3 is 5.11 Å². The van der Waals surface area contributed by atoms with Gasteiger partial charge in [-0.3, -0.25) is 0 Å². The van der Waals surface area contributed by atoms with Crippen molar-refractivity contribution in [3.8, 4) is 0 Å². The summed E-state index contributed by atoms with van der Waals surface area (Å²) in [4.78, 5) is 0. The Bertz CT molecular complexity index is 307. The molecule has 0 aliphatic carbocycles. The first-order valence-electron chi connectivity index (χ1n) is 8.85. The summed E-state index contributed by atoms with van der Waals surface area (Å²) < 4.78 is 27.7. The SMILES string of the molecule is CC(CCC(C)C(C)CCC(C)C(C)C(F)C(F)C(C)O)SI. The van der Waals surface area contributed by atoms with Gasteiger partial charge in [0.05, 0.1) is 6.10 Å². The van der Waals surface area contributed by atoms with E-state index in [1.54, 1.807) is 6.92 Å². The average Bonchev–Trinajstić information content (AvgIpc) is 2.54. The van der Waals surface area contributed by atoms with E-state index in [0.717, 1.165) is 12.8 Å². The summed E-state index contributed by atoms with van der Waals surface area (Å²) in [5, 5.41) is 9.91. The van der Waals surface area contributed by atoms with Gasteiger partial charge >= 0.3 is 0 Å². The van der Waals surface area contributed by atoms with Crippen molar-refractivity contribution in [2.24, 2.45) is 23.7 Å². The summed E-state index contributed by atoms with van der Waals surface area (Å²) in [5.41, 5.74) is 0. The molecular weight excluding hydrogens is 429 g/mol. The lowest BCUT2D eigenvalue weighted by molar-refractivity contribution is 0.00510. The standard InChI is InChI=1S/C18H35F2IOS/c1-11(12(2)9-10-14(4)23-21)7-8-13(3)15(5)17(19)18(20)16(6)22/h11-18,22H,7-10H2,1-6H3. The van der Waals surface area contributed by atoms with Gasteiger partial charge in [-0.25, -0.2) is 8.78 Å². The number of hydrogen-bond donors (Lipinski definition) is 1. The second-order valence-electron chi connectivity index (χ2n) is 7.47. The zero-order valence-electron chi connectivity index (χ0n) is 15.4. The van der Waals surface area contributed by atoms with Crippen LogP contribution in [0.1, 0.15) is 67.2 Å². The fourth-order valence-electron chi connectivity index (χ4n) is 2.77. The van der Waals surface area contributed by atoms with Crippen molar-refractivity contribution >= 4 is 30.1 Å². The Morgan fingerprint density at radius 2 is 1.22 bits per heavy atom. The zero-order chi connectivity index (χ0) is 18.2. The molecule has 0 aromatic carbocycles. The van der Waals surface area contributed by atoms with Crippen molar-refractivity contribution in [2.45, 2.75) is 90.9 Å². The van der Waals surface area contributed by atoms with Gasteiger partial charge in [0.2, 0.25) is 0 Å². The van der Waals surface area contributed by atoms with Gasteiger partial charge in [0, 0.05) is 5.25 Å². The molecule has 0 aliphatic rings. The van der Waals surface area contributed by atoms with Crippen LogP contribution in [0.2, 0.25) is 0 Å². The monoisotopic (exact) mass is 464 g/mol. The van der Waals surface area contributed by atoms with Crippen LogP contribution in [-0.4, -0.2) is 28.8 Å². The van der Waals surface area contributed by atoms with E-state index in [-0.39, 0.29) is 11.8 Å². The number of aliphatic hydroxyl groups is 1. The molecule has 1 nitrogen and oxygen atoms in total. The topological polar surface area (TPSA) is 20.2 Å². The first kappa shape index (κ1) is 23.9. The van der Waals surface area contributed by atoms with E-state index >= 15 is 0 Å². The minimum absolute atomic E-state index is 0.125. The van der Waals surface area contributed by atoms with Crippen LogP contribution in [0.5, 0.6) is 0 Å². The van der Waals surface area contributed by atoms with E-state index < -0.39 is 18.4 Å². The van der Waals surface area contributed by atoms with E-state index in [4.69, 9.17) is 0 Å². The second-order valence-corrected chi connectivity index (χ2v) is 9.98. The van der Waals surface area contributed by atoms with Gasteiger partial charge in [-0.1, -0.05) is 56.4 Å². The lowest BCUT2D eigenvalue weighted by Crippen LogP contribution is -2.36. The van der Waals surface area contributed by atoms with Crippen molar-refractivity contribution in [3.63, 3.8) is 0 Å². The molecule has 8 atom stereocenters. The molecule has 140 valence electrons. The second kappa shape index (κ2) is 12.3. The smallest absolute Gasteiger partial charge is 0.157 e. The van der Waals surface area contributed by atoms with Crippen molar-refractivity contribution in [3.05, 3.63) is 0 Å². The third-order valence-corrected chi connectivity index (χ3v) is 8.54. The Morgan fingerprint density at radius 1 is 0.783 bits per heavy atom. The zero-order valence-corrected chi connectivity index (χ0v) is 18.4. The number of hydrogen-bond acceptors (Lipinski definition) is 2. The number of aliphatic hydroxyl groups excluding tert-OH is 1. The predicted molar refractivity (Wildman–Crippen MR) is 108 cm³/mol. The van der Waals surface area contributed by atoms with E-state index in [9.17, 15) is 13.9 Å². The van der Waals surface area contributed by atoms with Gasteiger partial charge in [0.25, 0.3) is 0 Å². The van der Waals surface area contributed by atoms with Crippen molar-refractivity contribution in [1.82, 2.24) is 0 Å². The molecule has 0 rings (SSSR count). The molecule has 0 spiro atoms. The van der Waals surface area contributed by atoms with E-state index in [1.807, 2.05) is 15.9 Å². The molecular formula is C18H35F2IOS. The number of halogens is 3. The molecule has 8 unspecified atom stereocenters. The van der Waals surface area contributed by atoms with Gasteiger partial charge in [0.1, 0.15) is 6.17 Å². The Hall–Kier alpha value is 0.900. The lowest BCUT2D eigenvalue weighted by Gasteiger charge is -2.28. The highest BCUT2D eigenvalue weighted by atomic mass is 127. The Morgan fingerprint density at radius 3 is 1.65 bits per heavy atom. The normalized spacial score (nSPS) is 22.7. The van der Waals surface area contributed by atoms with Gasteiger partial charge in [-0.15, -0.1) is 0 Å². The average molecular weight is 464 g/mol. The third kappa shape index (κ3) is 9.24. The maximum Gasteiger partial charge on any atom is 0.157 e. The maximum absolute atomic E-state index is 14.1. The molecule has 1 N–H and O–H groups in total. The molecule has 0 fully saturated rings. The Balaban J connectivity index is 4.22. The summed E-state index contributed by atoms with van der Waals surface area (Å²) in [6.45, 7) is 11.9. The first-order valence-corrected chi connectivity index (χ1v) is 12.3. The number of rotatable bonds is 12. The Kier molecular flexibility index (Phi) is 12.8. The minimum atomic E-state index is -1.78. The minimum Gasteiger partial charge on any atom is -0.390 e. The van der Waals surface area contributed by atoms with Gasteiger partial charge in [-0.05, 0) is 64.6 Å². The summed E-state index contributed by atoms with van der Waals surface area (Å²) in [6.07, 6.45) is -0.183. The van der Waals surface area contributed by atoms with Crippen LogP contribution < -0.4 is 0 Å². The van der Waals surface area contributed by atoms with Crippen molar-refractivity contribution < 1.29 is 13.9 Å². The van der Waals surface area contributed by atoms with Crippen LogP contribution in [-0.2, 0) is 0 Å². The maximum atomic E-state index is 14.1. The highest BCUT2D eigenvalue weighted by molar-refractivity contribution is 14.2. The Labute approximate surface area is 158 Å². The van der Waals surface area contributed by atoms with E-state index in [1.165, 1.54) is 19.8 Å². The summed E-state index contributed by atoms with van der Waals surface area (Å²) in [5.74, 6) is 1.03. The molecule has 23 heavy (non-hydrogen) atoms. The fourth-order valence-corrected chi connectivity index (χ4v) is 3.76. The quantitative estimate of drug-likeness (QED) is 0.328. The van der Waals surface area contributed by atoms with Crippen LogP contribution in [0.25, 0.3) is 0 Å².